The Morgan fingerprint density at radius 1 is 0.833 bits per heavy atom. The Morgan fingerprint density at radius 2 is 1.25 bits per heavy atom. The molecular formula is C14H18I2N2O6. The number of primary amides is 2. The Labute approximate surface area is 165 Å². The van der Waals surface area contributed by atoms with Crippen LogP contribution in [0.3, 0.4) is 0 Å². The molecule has 0 fully saturated rings. The van der Waals surface area contributed by atoms with Crippen molar-refractivity contribution in [3.63, 3.8) is 0 Å². The molecular weight excluding hydrogens is 546 g/mol. The lowest BCUT2D eigenvalue weighted by atomic mass is 9.90. The average molecular weight is 564 g/mol. The van der Waals surface area contributed by atoms with E-state index in [0.29, 0.717) is 14.7 Å². The Bertz CT molecular complexity index is 653. The van der Waals surface area contributed by atoms with Gasteiger partial charge in [0.2, 0.25) is 5.91 Å². The van der Waals surface area contributed by atoms with Crippen LogP contribution in [0, 0.1) is 7.14 Å². The van der Waals surface area contributed by atoms with Gasteiger partial charge in [0.25, 0.3) is 5.91 Å². The summed E-state index contributed by atoms with van der Waals surface area (Å²) in [7, 11) is 0. The minimum Gasteiger partial charge on any atom is -0.394 e. The van der Waals surface area contributed by atoms with Gasteiger partial charge in [0.05, 0.1) is 36.5 Å². The lowest BCUT2D eigenvalue weighted by Crippen LogP contribution is -2.28. The summed E-state index contributed by atoms with van der Waals surface area (Å²) in [6.45, 7) is -1.06. The predicted molar refractivity (Wildman–Crippen MR) is 103 cm³/mol. The van der Waals surface area contributed by atoms with Crippen molar-refractivity contribution in [1.29, 1.82) is 0 Å². The van der Waals surface area contributed by atoms with Crippen LogP contribution in [0.4, 0.5) is 0 Å². The SMILES string of the molecule is NC(=O)c1c(I)c(CC(O)CO)c(CC(O)CO)c(C(N)=O)c1I. The van der Waals surface area contributed by atoms with E-state index in [1.807, 2.05) is 22.6 Å². The topological polar surface area (TPSA) is 167 Å². The number of hydrogen-bond acceptors (Lipinski definition) is 6. The summed E-state index contributed by atoms with van der Waals surface area (Å²) in [6.07, 6.45) is -2.46. The monoisotopic (exact) mass is 564 g/mol. The van der Waals surface area contributed by atoms with Gasteiger partial charge in [-0.15, -0.1) is 0 Å². The highest BCUT2D eigenvalue weighted by molar-refractivity contribution is 14.1. The smallest absolute Gasteiger partial charge is 0.250 e. The molecule has 1 aromatic rings. The molecule has 2 unspecified atom stereocenters. The van der Waals surface area contributed by atoms with Gasteiger partial charge < -0.3 is 31.9 Å². The maximum atomic E-state index is 11.9. The van der Waals surface area contributed by atoms with Crippen LogP contribution in [0.5, 0.6) is 0 Å². The number of carbonyl (C=O) groups excluding carboxylic acids is 2. The Morgan fingerprint density at radius 3 is 1.62 bits per heavy atom. The first kappa shape index (κ1) is 21.5. The number of aliphatic hydroxyl groups is 4. The fourth-order valence-corrected chi connectivity index (χ4v) is 5.02. The van der Waals surface area contributed by atoms with Crippen molar-refractivity contribution in [3.8, 4) is 0 Å². The Hall–Kier alpha value is -0.540. The highest BCUT2D eigenvalue weighted by atomic mass is 127. The molecule has 0 radical (unpaired) electrons. The molecule has 0 heterocycles. The first-order chi connectivity index (χ1) is 11.1. The van der Waals surface area contributed by atoms with E-state index in [-0.39, 0.29) is 27.5 Å². The van der Waals surface area contributed by atoms with Crippen molar-refractivity contribution >= 4 is 57.0 Å². The van der Waals surface area contributed by atoms with Crippen molar-refractivity contribution in [2.75, 3.05) is 13.2 Å². The van der Waals surface area contributed by atoms with Gasteiger partial charge in [0.1, 0.15) is 0 Å². The van der Waals surface area contributed by atoms with Gasteiger partial charge in [-0.05, 0) is 56.3 Å². The third kappa shape index (κ3) is 4.76. The van der Waals surface area contributed by atoms with E-state index >= 15 is 0 Å². The van der Waals surface area contributed by atoms with Crippen molar-refractivity contribution in [3.05, 3.63) is 29.4 Å². The maximum Gasteiger partial charge on any atom is 0.250 e. The van der Waals surface area contributed by atoms with Crippen molar-refractivity contribution in [1.82, 2.24) is 0 Å². The molecule has 24 heavy (non-hydrogen) atoms. The van der Waals surface area contributed by atoms with E-state index in [4.69, 9.17) is 21.7 Å². The summed E-state index contributed by atoms with van der Waals surface area (Å²) in [5, 5.41) is 37.7. The summed E-state index contributed by atoms with van der Waals surface area (Å²) in [5.41, 5.74) is 11.6. The molecule has 0 aliphatic carbocycles. The summed E-state index contributed by atoms with van der Waals surface area (Å²) >= 11 is 3.64. The van der Waals surface area contributed by atoms with Gasteiger partial charge >= 0.3 is 0 Å². The third-order valence-corrected chi connectivity index (χ3v) is 5.65. The number of carbonyl (C=O) groups is 2. The molecule has 1 aromatic carbocycles. The van der Waals surface area contributed by atoms with E-state index in [1.54, 1.807) is 22.6 Å². The van der Waals surface area contributed by atoms with Crippen LogP contribution >= 0.6 is 45.2 Å². The standard InChI is InChI=1S/C14H18I2N2O6/c15-11-8(2-6(22)4-20)7(1-5(21)3-19)9(13(17)23)12(16)10(11)14(18)24/h5-6,19-22H,1-4H2,(H2,17,23)(H2,18,24). The number of hydrogen-bond donors (Lipinski definition) is 6. The van der Waals surface area contributed by atoms with Crippen LogP contribution in [0.15, 0.2) is 0 Å². The quantitative estimate of drug-likeness (QED) is 0.219. The van der Waals surface area contributed by atoms with Gasteiger partial charge in [0.15, 0.2) is 0 Å². The van der Waals surface area contributed by atoms with Gasteiger partial charge in [-0.2, -0.15) is 0 Å². The van der Waals surface area contributed by atoms with Crippen LogP contribution in [-0.2, 0) is 12.8 Å². The van der Waals surface area contributed by atoms with Crippen molar-refractivity contribution in [2.24, 2.45) is 11.5 Å². The van der Waals surface area contributed by atoms with Crippen LogP contribution in [-0.4, -0.2) is 57.7 Å². The number of rotatable bonds is 8. The summed E-state index contributed by atoms with van der Waals surface area (Å²) in [6, 6.07) is 0. The molecule has 2 amide bonds. The van der Waals surface area contributed by atoms with E-state index in [0.717, 1.165) is 0 Å². The molecule has 0 aliphatic heterocycles. The minimum absolute atomic E-state index is 0.0115. The van der Waals surface area contributed by atoms with Gasteiger partial charge in [0, 0.05) is 20.0 Å². The van der Waals surface area contributed by atoms with Gasteiger partial charge in [-0.1, -0.05) is 0 Å². The van der Waals surface area contributed by atoms with Gasteiger partial charge in [-0.25, -0.2) is 0 Å². The Kier molecular flexibility index (Phi) is 8.28. The number of amides is 2. The maximum absolute atomic E-state index is 11.9. The second kappa shape index (κ2) is 9.24. The number of benzene rings is 1. The van der Waals surface area contributed by atoms with E-state index in [9.17, 15) is 19.8 Å². The molecule has 8 nitrogen and oxygen atoms in total. The summed E-state index contributed by atoms with van der Waals surface area (Å²) in [5.74, 6) is -1.58. The van der Waals surface area contributed by atoms with Gasteiger partial charge in [-0.3, -0.25) is 9.59 Å². The highest BCUT2D eigenvalue weighted by Crippen LogP contribution is 2.32. The highest BCUT2D eigenvalue weighted by Gasteiger charge is 2.28. The third-order valence-electron chi connectivity index (χ3n) is 3.38. The molecule has 134 valence electrons. The molecule has 0 aromatic heterocycles. The first-order valence-electron chi connectivity index (χ1n) is 6.85. The zero-order valence-corrected chi connectivity index (χ0v) is 16.8. The second-order valence-electron chi connectivity index (χ2n) is 5.14. The largest absolute Gasteiger partial charge is 0.394 e. The molecule has 2 atom stereocenters. The molecule has 10 heteroatoms. The van der Waals surface area contributed by atoms with Crippen LogP contribution < -0.4 is 11.5 Å². The molecule has 0 spiro atoms. The molecule has 0 saturated heterocycles. The van der Waals surface area contributed by atoms with E-state index in [2.05, 4.69) is 0 Å². The fourth-order valence-electron chi connectivity index (χ4n) is 2.30. The van der Waals surface area contributed by atoms with Crippen molar-refractivity contribution < 1.29 is 30.0 Å². The zero-order valence-electron chi connectivity index (χ0n) is 12.5. The number of nitrogens with two attached hydrogens (primary N) is 2. The summed E-state index contributed by atoms with van der Waals surface area (Å²) in [4.78, 5) is 23.7. The van der Waals surface area contributed by atoms with Crippen LogP contribution in [0.2, 0.25) is 0 Å². The van der Waals surface area contributed by atoms with Crippen LogP contribution in [0.25, 0.3) is 0 Å². The summed E-state index contributed by atoms with van der Waals surface area (Å²) < 4.78 is 0.654. The first-order valence-corrected chi connectivity index (χ1v) is 9.01. The zero-order chi connectivity index (χ0) is 18.6. The normalized spacial score (nSPS) is 13.6. The number of halogens is 2. The second-order valence-corrected chi connectivity index (χ2v) is 7.30. The Balaban J connectivity index is 3.78. The predicted octanol–water partition coefficient (Wildman–Crippen LogP) is -1.12. The molecule has 1 rings (SSSR count). The van der Waals surface area contributed by atoms with Crippen LogP contribution in [0.1, 0.15) is 31.8 Å². The lowest BCUT2D eigenvalue weighted by Gasteiger charge is -2.22. The van der Waals surface area contributed by atoms with E-state index in [1.165, 1.54) is 0 Å². The van der Waals surface area contributed by atoms with E-state index < -0.39 is 37.2 Å². The number of aliphatic hydroxyl groups excluding tert-OH is 4. The fraction of sp³-hybridized carbons (Fsp3) is 0.429. The average Bonchev–Trinajstić information content (AvgIpc) is 2.49. The molecule has 8 N–H and O–H groups in total. The van der Waals surface area contributed by atoms with Crippen molar-refractivity contribution in [2.45, 2.75) is 25.0 Å². The minimum atomic E-state index is -1.15. The molecule has 0 aliphatic rings. The molecule has 0 bridgehead atoms. The molecule has 0 saturated carbocycles. The lowest BCUT2D eigenvalue weighted by molar-refractivity contribution is 0.0900.